The Bertz CT molecular complexity index is 875. The molecule has 0 aromatic heterocycles. The number of aryl methyl sites for hydroxylation is 2. The van der Waals surface area contributed by atoms with Gasteiger partial charge in [-0.1, -0.05) is 61.4 Å². The molecule has 2 aromatic rings. The normalized spacial score (nSPS) is 11.8. The average molecular weight is 389 g/mol. The van der Waals surface area contributed by atoms with E-state index in [9.17, 15) is 13.2 Å². The fraction of sp³-hybridized carbons (Fsp3) is 0.381. The van der Waals surface area contributed by atoms with Gasteiger partial charge in [0, 0.05) is 13.1 Å². The van der Waals surface area contributed by atoms with E-state index in [0.717, 1.165) is 16.7 Å². The zero-order valence-corrected chi connectivity index (χ0v) is 17.2. The summed E-state index contributed by atoms with van der Waals surface area (Å²) < 4.78 is 27.5. The van der Waals surface area contributed by atoms with Gasteiger partial charge in [-0.05, 0) is 37.5 Å². The molecule has 27 heavy (non-hydrogen) atoms. The lowest BCUT2D eigenvalue weighted by Crippen LogP contribution is -2.41. The molecule has 0 radical (unpaired) electrons. The highest BCUT2D eigenvalue weighted by Crippen LogP contribution is 2.19. The van der Waals surface area contributed by atoms with E-state index in [2.05, 4.69) is 5.32 Å². The van der Waals surface area contributed by atoms with Crippen molar-refractivity contribution in [1.29, 1.82) is 0 Å². The van der Waals surface area contributed by atoms with Crippen LogP contribution >= 0.6 is 0 Å². The van der Waals surface area contributed by atoms with Crippen molar-refractivity contribution in [3.8, 4) is 0 Å². The van der Waals surface area contributed by atoms with E-state index in [1.807, 2.05) is 52.0 Å². The molecule has 1 N–H and O–H groups in total. The minimum atomic E-state index is -3.79. The summed E-state index contributed by atoms with van der Waals surface area (Å²) in [6.07, 6.45) is 0. The maximum absolute atomic E-state index is 13.2. The van der Waals surface area contributed by atoms with Crippen molar-refractivity contribution >= 4 is 15.9 Å². The van der Waals surface area contributed by atoms with Crippen molar-refractivity contribution in [2.24, 2.45) is 5.92 Å². The summed E-state index contributed by atoms with van der Waals surface area (Å²) >= 11 is 0. The van der Waals surface area contributed by atoms with Gasteiger partial charge in [-0.15, -0.1) is 0 Å². The largest absolute Gasteiger partial charge is 0.355 e. The highest BCUT2D eigenvalue weighted by molar-refractivity contribution is 7.89. The Kier molecular flexibility index (Phi) is 7.16. The van der Waals surface area contributed by atoms with Crippen molar-refractivity contribution in [2.45, 2.75) is 39.1 Å². The van der Waals surface area contributed by atoms with E-state index < -0.39 is 10.0 Å². The van der Waals surface area contributed by atoms with Gasteiger partial charge in [-0.3, -0.25) is 4.79 Å². The Balaban J connectivity index is 2.30. The lowest BCUT2D eigenvalue weighted by molar-refractivity contribution is -0.121. The summed E-state index contributed by atoms with van der Waals surface area (Å²) in [5, 5.41) is 2.80. The first-order valence-corrected chi connectivity index (χ1v) is 10.5. The lowest BCUT2D eigenvalue weighted by Gasteiger charge is -2.22. The molecule has 0 aliphatic heterocycles. The summed E-state index contributed by atoms with van der Waals surface area (Å²) in [6, 6.07) is 14.3. The van der Waals surface area contributed by atoms with Gasteiger partial charge in [0.15, 0.2) is 0 Å². The number of carbonyl (C=O) groups is 1. The number of hydrogen-bond donors (Lipinski definition) is 1. The molecule has 0 spiro atoms. The van der Waals surface area contributed by atoms with E-state index in [-0.39, 0.29) is 23.9 Å². The first kappa shape index (κ1) is 21.1. The van der Waals surface area contributed by atoms with E-state index in [1.165, 1.54) is 4.31 Å². The number of amides is 1. The summed E-state index contributed by atoms with van der Waals surface area (Å²) in [5.41, 5.74) is 2.88. The van der Waals surface area contributed by atoms with Gasteiger partial charge in [0.2, 0.25) is 15.9 Å². The fourth-order valence-electron chi connectivity index (χ4n) is 2.63. The van der Waals surface area contributed by atoms with Crippen LogP contribution < -0.4 is 5.32 Å². The molecule has 0 unspecified atom stereocenters. The van der Waals surface area contributed by atoms with Crippen LogP contribution in [0.5, 0.6) is 0 Å². The molecule has 0 bridgehead atoms. The molecule has 6 heteroatoms. The minimum absolute atomic E-state index is 0.146. The SMILES string of the molecule is Cc1ccc(S(=O)(=O)N(CC(=O)NCC(C)C)Cc2cccc(C)c2)cc1. The van der Waals surface area contributed by atoms with Crippen LogP contribution in [0.4, 0.5) is 0 Å². The molecule has 2 rings (SSSR count). The highest BCUT2D eigenvalue weighted by atomic mass is 32.2. The molecule has 146 valence electrons. The number of sulfonamides is 1. The third-order valence-corrected chi connectivity index (χ3v) is 5.93. The maximum Gasteiger partial charge on any atom is 0.243 e. The summed E-state index contributed by atoms with van der Waals surface area (Å²) in [7, 11) is -3.79. The van der Waals surface area contributed by atoms with E-state index >= 15 is 0 Å². The number of nitrogens with zero attached hydrogens (tertiary/aromatic N) is 1. The van der Waals surface area contributed by atoms with Gasteiger partial charge in [0.1, 0.15) is 0 Å². The van der Waals surface area contributed by atoms with Gasteiger partial charge in [0.05, 0.1) is 11.4 Å². The van der Waals surface area contributed by atoms with Gasteiger partial charge in [0.25, 0.3) is 0 Å². The van der Waals surface area contributed by atoms with Crippen LogP contribution in [0.2, 0.25) is 0 Å². The minimum Gasteiger partial charge on any atom is -0.355 e. The standard InChI is InChI=1S/C21H28N2O3S/c1-16(2)13-22-21(24)15-23(14-19-7-5-6-18(4)12-19)27(25,26)20-10-8-17(3)9-11-20/h5-12,16H,13-15H2,1-4H3,(H,22,24). The highest BCUT2D eigenvalue weighted by Gasteiger charge is 2.27. The Morgan fingerprint density at radius 1 is 1.04 bits per heavy atom. The molecule has 0 aliphatic rings. The van der Waals surface area contributed by atoms with E-state index in [1.54, 1.807) is 24.3 Å². The van der Waals surface area contributed by atoms with Crippen LogP contribution in [0.25, 0.3) is 0 Å². The Labute approximate surface area is 162 Å². The van der Waals surface area contributed by atoms with Gasteiger partial charge in [-0.2, -0.15) is 4.31 Å². The first-order valence-electron chi connectivity index (χ1n) is 9.07. The van der Waals surface area contributed by atoms with Crippen molar-refractivity contribution < 1.29 is 13.2 Å². The third kappa shape index (κ3) is 6.19. The van der Waals surface area contributed by atoms with Crippen LogP contribution in [0.1, 0.15) is 30.5 Å². The molecule has 0 heterocycles. The second-order valence-corrected chi connectivity index (χ2v) is 9.21. The quantitative estimate of drug-likeness (QED) is 0.755. The average Bonchev–Trinajstić information content (AvgIpc) is 2.60. The Morgan fingerprint density at radius 2 is 1.70 bits per heavy atom. The van der Waals surface area contributed by atoms with E-state index in [0.29, 0.717) is 12.5 Å². The van der Waals surface area contributed by atoms with Crippen LogP contribution in [-0.2, 0) is 21.4 Å². The molecule has 2 aromatic carbocycles. The summed E-state index contributed by atoms with van der Waals surface area (Å²) in [5.74, 6) is -0.0000756. The third-order valence-electron chi connectivity index (χ3n) is 4.13. The van der Waals surface area contributed by atoms with Crippen LogP contribution in [0.3, 0.4) is 0 Å². The summed E-state index contributed by atoms with van der Waals surface area (Å²) in [4.78, 5) is 12.5. The summed E-state index contributed by atoms with van der Waals surface area (Å²) in [6.45, 7) is 8.30. The smallest absolute Gasteiger partial charge is 0.243 e. The molecule has 0 fully saturated rings. The number of hydrogen-bond acceptors (Lipinski definition) is 3. The van der Waals surface area contributed by atoms with Crippen molar-refractivity contribution in [3.05, 3.63) is 65.2 Å². The zero-order valence-electron chi connectivity index (χ0n) is 16.4. The Morgan fingerprint density at radius 3 is 2.30 bits per heavy atom. The molecule has 0 atom stereocenters. The van der Waals surface area contributed by atoms with Gasteiger partial charge in [-0.25, -0.2) is 8.42 Å². The number of nitrogens with one attached hydrogen (secondary N) is 1. The van der Waals surface area contributed by atoms with Crippen molar-refractivity contribution in [3.63, 3.8) is 0 Å². The molecule has 0 saturated carbocycles. The van der Waals surface area contributed by atoms with Crippen LogP contribution in [0, 0.1) is 19.8 Å². The second kappa shape index (κ2) is 9.15. The Hall–Kier alpha value is -2.18. The van der Waals surface area contributed by atoms with Crippen molar-refractivity contribution in [2.75, 3.05) is 13.1 Å². The number of rotatable bonds is 8. The molecular weight excluding hydrogens is 360 g/mol. The molecule has 5 nitrogen and oxygen atoms in total. The van der Waals surface area contributed by atoms with Crippen LogP contribution in [-0.4, -0.2) is 31.7 Å². The molecule has 0 aliphatic carbocycles. The van der Waals surface area contributed by atoms with Crippen LogP contribution in [0.15, 0.2) is 53.4 Å². The predicted octanol–water partition coefficient (Wildman–Crippen LogP) is 3.27. The maximum atomic E-state index is 13.2. The zero-order chi connectivity index (χ0) is 20.0. The lowest BCUT2D eigenvalue weighted by atomic mass is 10.1. The predicted molar refractivity (Wildman–Crippen MR) is 108 cm³/mol. The van der Waals surface area contributed by atoms with E-state index in [4.69, 9.17) is 0 Å². The first-order chi connectivity index (χ1) is 12.7. The number of benzene rings is 2. The molecule has 0 saturated heterocycles. The molecule has 1 amide bonds. The van der Waals surface area contributed by atoms with Gasteiger partial charge < -0.3 is 5.32 Å². The van der Waals surface area contributed by atoms with Crippen molar-refractivity contribution in [1.82, 2.24) is 9.62 Å². The monoisotopic (exact) mass is 388 g/mol. The molecular formula is C21H28N2O3S. The fourth-order valence-corrected chi connectivity index (χ4v) is 4.02. The second-order valence-electron chi connectivity index (χ2n) is 7.27. The van der Waals surface area contributed by atoms with Gasteiger partial charge >= 0.3 is 0 Å². The topological polar surface area (TPSA) is 66.5 Å². The number of carbonyl (C=O) groups excluding carboxylic acids is 1.